The van der Waals surface area contributed by atoms with Crippen LogP contribution >= 0.6 is 11.6 Å². The summed E-state index contributed by atoms with van der Waals surface area (Å²) in [5, 5.41) is 0.245. The second-order valence-corrected chi connectivity index (χ2v) is 6.55. The SMILES string of the molecule is CCCCN(CCCC)c1cc(Cl)c(N[SH](=O)=O)cc1C(=O)OC. The molecule has 6 nitrogen and oxygen atoms in total. The number of carbonyl (C=O) groups is 1. The van der Waals surface area contributed by atoms with E-state index in [4.69, 9.17) is 16.3 Å². The van der Waals surface area contributed by atoms with Crippen LogP contribution in [0.3, 0.4) is 0 Å². The van der Waals surface area contributed by atoms with E-state index < -0.39 is 16.9 Å². The first-order valence-electron chi connectivity index (χ1n) is 8.02. The highest BCUT2D eigenvalue weighted by molar-refractivity contribution is 7.73. The summed E-state index contributed by atoms with van der Waals surface area (Å²) in [7, 11) is -1.58. The fourth-order valence-corrected chi connectivity index (χ4v) is 2.99. The highest BCUT2D eigenvalue weighted by Gasteiger charge is 2.20. The molecular formula is C16H25ClN2O4S. The molecule has 0 fully saturated rings. The molecule has 0 spiro atoms. The number of rotatable bonds is 10. The predicted molar refractivity (Wildman–Crippen MR) is 98.8 cm³/mol. The highest BCUT2D eigenvalue weighted by atomic mass is 35.5. The molecule has 0 saturated carbocycles. The maximum absolute atomic E-state index is 12.2. The molecule has 1 aromatic carbocycles. The molecule has 0 bridgehead atoms. The van der Waals surface area contributed by atoms with Crippen molar-refractivity contribution in [2.45, 2.75) is 39.5 Å². The Morgan fingerprint density at radius 3 is 2.25 bits per heavy atom. The van der Waals surface area contributed by atoms with Crippen molar-refractivity contribution in [1.29, 1.82) is 0 Å². The van der Waals surface area contributed by atoms with Gasteiger partial charge in [-0.2, -0.15) is 0 Å². The van der Waals surface area contributed by atoms with Gasteiger partial charge in [0.15, 0.2) is 0 Å². The van der Waals surface area contributed by atoms with Gasteiger partial charge in [-0.3, -0.25) is 4.72 Å². The zero-order valence-electron chi connectivity index (χ0n) is 14.3. The quantitative estimate of drug-likeness (QED) is 0.483. The predicted octanol–water partition coefficient (Wildman–Crippen LogP) is 3.47. The average molecular weight is 377 g/mol. The number of nitrogens with one attached hydrogen (secondary N) is 1. The van der Waals surface area contributed by atoms with Crippen molar-refractivity contribution >= 4 is 39.8 Å². The number of ether oxygens (including phenoxy) is 1. The second-order valence-electron chi connectivity index (χ2n) is 5.40. The fourth-order valence-electron chi connectivity index (χ4n) is 2.33. The zero-order chi connectivity index (χ0) is 18.1. The van der Waals surface area contributed by atoms with Crippen molar-refractivity contribution < 1.29 is 17.9 Å². The summed E-state index contributed by atoms with van der Waals surface area (Å²) in [5.74, 6) is -0.524. The van der Waals surface area contributed by atoms with E-state index in [9.17, 15) is 13.2 Å². The van der Waals surface area contributed by atoms with E-state index in [1.807, 2.05) is 0 Å². The number of methoxy groups -OCH3 is 1. The average Bonchev–Trinajstić information content (AvgIpc) is 2.55. The molecule has 0 amide bonds. The van der Waals surface area contributed by atoms with Crippen molar-refractivity contribution in [3.63, 3.8) is 0 Å². The first kappa shape index (κ1) is 20.6. The van der Waals surface area contributed by atoms with Crippen molar-refractivity contribution in [1.82, 2.24) is 0 Å². The van der Waals surface area contributed by atoms with Crippen LogP contribution in [0.1, 0.15) is 49.9 Å². The number of thiol groups is 1. The Morgan fingerprint density at radius 2 is 1.79 bits per heavy atom. The van der Waals surface area contributed by atoms with Gasteiger partial charge in [0.2, 0.25) is 10.9 Å². The maximum atomic E-state index is 12.2. The van der Waals surface area contributed by atoms with Gasteiger partial charge in [0, 0.05) is 13.1 Å². The lowest BCUT2D eigenvalue weighted by Gasteiger charge is -2.27. The first-order valence-corrected chi connectivity index (χ1v) is 9.57. The lowest BCUT2D eigenvalue weighted by molar-refractivity contribution is 0.0601. The Balaban J connectivity index is 3.34. The number of hydrogen-bond acceptors (Lipinski definition) is 5. The van der Waals surface area contributed by atoms with Crippen LogP contribution in [-0.2, 0) is 15.6 Å². The van der Waals surface area contributed by atoms with Crippen LogP contribution < -0.4 is 9.62 Å². The molecule has 0 radical (unpaired) electrons. The Morgan fingerprint density at radius 1 is 1.21 bits per heavy atom. The third kappa shape index (κ3) is 5.87. The summed E-state index contributed by atoms with van der Waals surface area (Å²) in [6.07, 6.45) is 4.02. The summed E-state index contributed by atoms with van der Waals surface area (Å²) in [4.78, 5) is 14.3. The molecular weight excluding hydrogens is 352 g/mol. The number of esters is 1. The minimum Gasteiger partial charge on any atom is -0.465 e. The zero-order valence-corrected chi connectivity index (χ0v) is 16.0. The van der Waals surface area contributed by atoms with E-state index >= 15 is 0 Å². The van der Waals surface area contributed by atoms with Gasteiger partial charge in [0.05, 0.1) is 29.1 Å². The van der Waals surface area contributed by atoms with Gasteiger partial charge in [0.1, 0.15) is 0 Å². The number of halogens is 1. The third-order valence-corrected chi connectivity index (χ3v) is 4.34. The molecule has 0 aromatic heterocycles. The van der Waals surface area contributed by atoms with E-state index in [-0.39, 0.29) is 10.7 Å². The Kier molecular flexibility index (Phi) is 8.92. The van der Waals surface area contributed by atoms with Gasteiger partial charge in [-0.1, -0.05) is 38.3 Å². The monoisotopic (exact) mass is 376 g/mol. The molecule has 24 heavy (non-hydrogen) atoms. The molecule has 0 heterocycles. The standard InChI is InChI=1S/C16H25ClN2O4S/c1-4-6-8-19(9-7-5-2)15-11-13(17)14(18-24(21)22)10-12(15)16(20)23-3/h10-11,24H,4-9H2,1-3H3,(H,18,21,22). The van der Waals surface area contributed by atoms with Gasteiger partial charge in [0.25, 0.3) is 0 Å². The normalized spacial score (nSPS) is 10.7. The van der Waals surface area contributed by atoms with Crippen LogP contribution in [-0.4, -0.2) is 34.6 Å². The lowest BCUT2D eigenvalue weighted by atomic mass is 10.1. The third-order valence-electron chi connectivity index (χ3n) is 3.61. The molecule has 1 rings (SSSR count). The minimum atomic E-state index is -2.87. The fraction of sp³-hybridized carbons (Fsp3) is 0.562. The summed E-state index contributed by atoms with van der Waals surface area (Å²) < 4.78 is 28.9. The Hall–Kier alpha value is -1.47. The molecule has 0 saturated heterocycles. The number of hydrogen-bond donors (Lipinski definition) is 2. The Bertz CT molecular complexity index is 619. The summed E-state index contributed by atoms with van der Waals surface area (Å²) >= 11 is 6.20. The summed E-state index contributed by atoms with van der Waals surface area (Å²) in [5.41, 5.74) is 1.14. The van der Waals surface area contributed by atoms with Crippen LogP contribution in [0.4, 0.5) is 11.4 Å². The second kappa shape index (κ2) is 10.4. The summed E-state index contributed by atoms with van der Waals surface area (Å²) in [6, 6.07) is 3.06. The van der Waals surface area contributed by atoms with E-state index in [0.717, 1.165) is 38.8 Å². The molecule has 0 aliphatic carbocycles. The minimum absolute atomic E-state index is 0.169. The number of benzene rings is 1. The molecule has 8 heteroatoms. The van der Waals surface area contributed by atoms with Gasteiger partial charge < -0.3 is 9.64 Å². The number of nitrogens with zero attached hydrogens (tertiary/aromatic N) is 1. The molecule has 1 N–H and O–H groups in total. The van der Waals surface area contributed by atoms with Crippen molar-refractivity contribution in [3.05, 3.63) is 22.7 Å². The van der Waals surface area contributed by atoms with Gasteiger partial charge in [-0.05, 0) is 25.0 Å². The first-order chi connectivity index (χ1) is 11.4. The van der Waals surface area contributed by atoms with E-state index in [2.05, 4.69) is 23.5 Å². The lowest BCUT2D eigenvalue weighted by Crippen LogP contribution is -2.27. The molecule has 0 aliphatic heterocycles. The smallest absolute Gasteiger partial charge is 0.340 e. The van der Waals surface area contributed by atoms with Crippen LogP contribution in [0.25, 0.3) is 0 Å². The van der Waals surface area contributed by atoms with E-state index in [1.165, 1.54) is 13.2 Å². The van der Waals surface area contributed by atoms with Crippen molar-refractivity contribution in [2.75, 3.05) is 29.8 Å². The topological polar surface area (TPSA) is 75.7 Å². The number of anilines is 2. The maximum Gasteiger partial charge on any atom is 0.340 e. The van der Waals surface area contributed by atoms with Gasteiger partial charge in [-0.15, -0.1) is 0 Å². The highest BCUT2D eigenvalue weighted by Crippen LogP contribution is 2.33. The van der Waals surface area contributed by atoms with E-state index in [0.29, 0.717) is 11.3 Å². The molecule has 1 aromatic rings. The van der Waals surface area contributed by atoms with Crippen LogP contribution in [0, 0.1) is 0 Å². The molecule has 136 valence electrons. The number of carbonyl (C=O) groups excluding carboxylic acids is 1. The Labute approximate surface area is 150 Å². The van der Waals surface area contributed by atoms with Gasteiger partial charge in [-0.25, -0.2) is 13.2 Å². The summed E-state index contributed by atoms with van der Waals surface area (Å²) in [6.45, 7) is 5.78. The van der Waals surface area contributed by atoms with Crippen molar-refractivity contribution in [3.8, 4) is 0 Å². The molecule has 0 unspecified atom stereocenters. The molecule has 0 aliphatic rings. The van der Waals surface area contributed by atoms with Crippen molar-refractivity contribution in [2.24, 2.45) is 0 Å². The largest absolute Gasteiger partial charge is 0.465 e. The van der Waals surface area contributed by atoms with Crippen LogP contribution in [0.2, 0.25) is 5.02 Å². The van der Waals surface area contributed by atoms with Gasteiger partial charge >= 0.3 is 5.97 Å². The van der Waals surface area contributed by atoms with Crippen LogP contribution in [0.15, 0.2) is 12.1 Å². The van der Waals surface area contributed by atoms with Crippen LogP contribution in [0.5, 0.6) is 0 Å². The van der Waals surface area contributed by atoms with E-state index in [1.54, 1.807) is 6.07 Å². The number of unbranched alkanes of at least 4 members (excludes halogenated alkanes) is 2. The molecule has 0 atom stereocenters.